The number of carbonyl (C=O) groups excluding carboxylic acids is 2. The maximum Gasteiger partial charge on any atom is 0.339 e. The first kappa shape index (κ1) is 16.6. The van der Waals surface area contributed by atoms with Crippen LogP contribution in [0.15, 0.2) is 40.2 Å². The predicted octanol–water partition coefficient (Wildman–Crippen LogP) is 3.68. The Balaban J connectivity index is 1.86. The third kappa shape index (κ3) is 4.38. The summed E-state index contributed by atoms with van der Waals surface area (Å²) in [7, 11) is 0. The predicted molar refractivity (Wildman–Crippen MR) is 85.3 cm³/mol. The molecule has 0 radical (unpaired) electrons. The van der Waals surface area contributed by atoms with Crippen LogP contribution in [0.2, 0.25) is 0 Å². The molecule has 0 bridgehead atoms. The van der Waals surface area contributed by atoms with Crippen LogP contribution in [-0.4, -0.2) is 18.5 Å². The van der Waals surface area contributed by atoms with Gasteiger partial charge in [-0.05, 0) is 52.5 Å². The Morgan fingerprint density at radius 1 is 1.41 bits per heavy atom. The molecule has 7 heteroatoms. The molecule has 2 rings (SSSR count). The molecule has 2 aromatic rings. The Morgan fingerprint density at radius 3 is 2.82 bits per heavy atom. The fourth-order valence-electron chi connectivity index (χ4n) is 1.76. The zero-order valence-corrected chi connectivity index (χ0v) is 14.0. The number of hydrogen-bond donors (Lipinski definition) is 1. The van der Waals surface area contributed by atoms with Crippen molar-refractivity contribution < 1.29 is 18.7 Å². The molecule has 1 atom stereocenters. The van der Waals surface area contributed by atoms with E-state index < -0.39 is 24.3 Å². The average molecular weight is 386 g/mol. The fraction of sp³-hybridized carbons (Fsp3) is 0.200. The van der Waals surface area contributed by atoms with Crippen molar-refractivity contribution in [3.8, 4) is 0 Å². The molecule has 0 saturated heterocycles. The van der Waals surface area contributed by atoms with Gasteiger partial charge in [-0.15, -0.1) is 11.3 Å². The number of nitrogens with one attached hydrogen (secondary N) is 1. The van der Waals surface area contributed by atoms with Crippen LogP contribution < -0.4 is 5.32 Å². The highest BCUT2D eigenvalue weighted by molar-refractivity contribution is 9.10. The van der Waals surface area contributed by atoms with Gasteiger partial charge in [0.15, 0.2) is 6.61 Å². The molecule has 22 heavy (non-hydrogen) atoms. The molecule has 4 nitrogen and oxygen atoms in total. The van der Waals surface area contributed by atoms with E-state index in [2.05, 4.69) is 21.2 Å². The van der Waals surface area contributed by atoms with Crippen molar-refractivity contribution >= 4 is 39.1 Å². The number of esters is 1. The van der Waals surface area contributed by atoms with E-state index in [4.69, 9.17) is 4.74 Å². The highest BCUT2D eigenvalue weighted by Crippen LogP contribution is 2.19. The first-order valence-electron chi connectivity index (χ1n) is 6.42. The second-order valence-corrected chi connectivity index (χ2v) is 6.34. The number of amides is 1. The topological polar surface area (TPSA) is 55.4 Å². The van der Waals surface area contributed by atoms with E-state index in [1.54, 1.807) is 0 Å². The average Bonchev–Trinajstić information content (AvgIpc) is 2.99. The Labute approximate surface area is 139 Å². The molecular formula is C15H13BrFNO3S. The highest BCUT2D eigenvalue weighted by atomic mass is 79.9. The lowest BCUT2D eigenvalue weighted by atomic mass is 10.2. The molecule has 0 aliphatic rings. The lowest BCUT2D eigenvalue weighted by molar-refractivity contribution is -0.124. The Morgan fingerprint density at radius 2 is 2.18 bits per heavy atom. The van der Waals surface area contributed by atoms with E-state index in [1.165, 1.54) is 17.4 Å². The zero-order valence-electron chi connectivity index (χ0n) is 11.6. The summed E-state index contributed by atoms with van der Waals surface area (Å²) in [5.74, 6) is -1.55. The summed E-state index contributed by atoms with van der Waals surface area (Å²) in [5, 5.41) is 4.66. The Kier molecular flexibility index (Phi) is 5.68. The molecule has 0 fully saturated rings. The van der Waals surface area contributed by atoms with Crippen LogP contribution >= 0.6 is 27.3 Å². The summed E-state index contributed by atoms with van der Waals surface area (Å²) in [6, 6.07) is 7.28. The van der Waals surface area contributed by atoms with E-state index >= 15 is 0 Å². The molecule has 1 aromatic heterocycles. The minimum atomic E-state index is -0.689. The maximum atomic E-state index is 13.0. The summed E-state index contributed by atoms with van der Waals surface area (Å²) >= 11 is 4.61. The van der Waals surface area contributed by atoms with Gasteiger partial charge >= 0.3 is 5.97 Å². The van der Waals surface area contributed by atoms with Crippen molar-refractivity contribution in [2.75, 3.05) is 6.61 Å². The Bertz CT molecular complexity index is 675. The van der Waals surface area contributed by atoms with Crippen molar-refractivity contribution in [2.45, 2.75) is 13.0 Å². The van der Waals surface area contributed by atoms with Crippen LogP contribution in [0, 0.1) is 5.82 Å². The summed E-state index contributed by atoms with van der Waals surface area (Å²) in [4.78, 5) is 24.6. The van der Waals surface area contributed by atoms with E-state index in [0.717, 1.165) is 17.0 Å². The fourth-order valence-corrected chi connectivity index (χ4v) is 3.00. The van der Waals surface area contributed by atoms with Crippen molar-refractivity contribution in [1.29, 1.82) is 0 Å². The van der Waals surface area contributed by atoms with Crippen LogP contribution in [0.25, 0.3) is 0 Å². The molecular weight excluding hydrogens is 373 g/mol. The molecule has 116 valence electrons. The van der Waals surface area contributed by atoms with E-state index in [1.807, 2.05) is 24.4 Å². The van der Waals surface area contributed by atoms with E-state index in [9.17, 15) is 14.0 Å². The van der Waals surface area contributed by atoms with Crippen molar-refractivity contribution in [1.82, 2.24) is 5.32 Å². The number of carbonyl (C=O) groups is 2. The number of thiophene rings is 1. The molecule has 1 heterocycles. The lowest BCUT2D eigenvalue weighted by Gasteiger charge is -2.12. The van der Waals surface area contributed by atoms with Gasteiger partial charge in [0.25, 0.3) is 5.91 Å². The molecule has 1 aromatic carbocycles. The molecule has 0 aliphatic carbocycles. The maximum absolute atomic E-state index is 13.0. The van der Waals surface area contributed by atoms with Gasteiger partial charge in [-0.2, -0.15) is 0 Å². The highest BCUT2D eigenvalue weighted by Gasteiger charge is 2.15. The number of benzene rings is 1. The standard InChI is InChI=1S/C15H13BrFNO3S/c1-9(13-3-2-6-22-13)18-14(19)8-21-15(20)11-5-4-10(17)7-12(11)16/h2-7,9H,8H2,1H3,(H,18,19)/t9-/m0/s1. The van der Waals surface area contributed by atoms with Gasteiger partial charge in [-0.3, -0.25) is 4.79 Å². The van der Waals surface area contributed by atoms with Gasteiger partial charge in [0, 0.05) is 9.35 Å². The Hall–Kier alpha value is -1.73. The van der Waals surface area contributed by atoms with Crippen molar-refractivity contribution in [2.24, 2.45) is 0 Å². The molecule has 1 amide bonds. The zero-order chi connectivity index (χ0) is 16.1. The second-order valence-electron chi connectivity index (χ2n) is 4.50. The van der Waals surface area contributed by atoms with Crippen LogP contribution in [-0.2, 0) is 9.53 Å². The molecule has 1 N–H and O–H groups in total. The minimum Gasteiger partial charge on any atom is -0.452 e. The third-order valence-corrected chi connectivity index (χ3v) is 4.54. The van der Waals surface area contributed by atoms with Crippen LogP contribution in [0.1, 0.15) is 28.2 Å². The summed E-state index contributed by atoms with van der Waals surface area (Å²) < 4.78 is 18.2. The number of halogens is 2. The van der Waals surface area contributed by atoms with E-state index in [0.29, 0.717) is 0 Å². The third-order valence-electron chi connectivity index (χ3n) is 2.83. The molecule has 0 aliphatic heterocycles. The second kappa shape index (κ2) is 7.51. The van der Waals surface area contributed by atoms with Gasteiger partial charge in [-0.1, -0.05) is 6.07 Å². The van der Waals surface area contributed by atoms with Crippen LogP contribution in [0.3, 0.4) is 0 Å². The molecule has 0 unspecified atom stereocenters. The van der Waals surface area contributed by atoms with Gasteiger partial charge in [-0.25, -0.2) is 9.18 Å². The summed E-state index contributed by atoms with van der Waals surface area (Å²) in [5.41, 5.74) is 0.167. The summed E-state index contributed by atoms with van der Waals surface area (Å²) in [6.45, 7) is 1.46. The first-order chi connectivity index (χ1) is 10.5. The van der Waals surface area contributed by atoms with Crippen LogP contribution in [0.5, 0.6) is 0 Å². The number of hydrogen-bond acceptors (Lipinski definition) is 4. The lowest BCUT2D eigenvalue weighted by Crippen LogP contribution is -2.30. The molecule has 0 saturated carbocycles. The van der Waals surface area contributed by atoms with Gasteiger partial charge in [0.1, 0.15) is 5.82 Å². The minimum absolute atomic E-state index is 0.149. The van der Waals surface area contributed by atoms with Crippen molar-refractivity contribution in [3.63, 3.8) is 0 Å². The molecule has 0 spiro atoms. The SMILES string of the molecule is C[C@H](NC(=O)COC(=O)c1ccc(F)cc1Br)c1cccs1. The van der Waals surface area contributed by atoms with Crippen LogP contribution in [0.4, 0.5) is 4.39 Å². The smallest absolute Gasteiger partial charge is 0.339 e. The first-order valence-corrected chi connectivity index (χ1v) is 8.09. The van der Waals surface area contributed by atoms with Crippen molar-refractivity contribution in [3.05, 3.63) is 56.4 Å². The quantitative estimate of drug-likeness (QED) is 0.798. The number of ether oxygens (including phenoxy) is 1. The normalized spacial score (nSPS) is 11.8. The monoisotopic (exact) mass is 385 g/mol. The van der Waals surface area contributed by atoms with Gasteiger partial charge < -0.3 is 10.1 Å². The van der Waals surface area contributed by atoms with Gasteiger partial charge in [0.2, 0.25) is 0 Å². The van der Waals surface area contributed by atoms with Gasteiger partial charge in [0.05, 0.1) is 11.6 Å². The number of rotatable bonds is 5. The summed E-state index contributed by atoms with van der Waals surface area (Å²) in [6.07, 6.45) is 0. The van der Waals surface area contributed by atoms with E-state index in [-0.39, 0.29) is 16.1 Å². The largest absolute Gasteiger partial charge is 0.452 e.